The van der Waals surface area contributed by atoms with E-state index in [0.29, 0.717) is 6.54 Å². The van der Waals surface area contributed by atoms with Gasteiger partial charge in [-0.25, -0.2) is 0 Å². The summed E-state index contributed by atoms with van der Waals surface area (Å²) in [6.45, 7) is 7.02. The van der Waals surface area contributed by atoms with E-state index in [9.17, 15) is 9.59 Å². The van der Waals surface area contributed by atoms with Crippen molar-refractivity contribution in [2.75, 3.05) is 39.3 Å². The average molecular weight is 397 g/mol. The van der Waals surface area contributed by atoms with Gasteiger partial charge in [0.25, 0.3) is 5.91 Å². The van der Waals surface area contributed by atoms with Crippen LogP contribution in [0.5, 0.6) is 0 Å². The van der Waals surface area contributed by atoms with Gasteiger partial charge in [-0.3, -0.25) is 9.59 Å². The Bertz CT molecular complexity index is 855. The Morgan fingerprint density at radius 3 is 2.72 bits per heavy atom. The van der Waals surface area contributed by atoms with Crippen molar-refractivity contribution in [2.45, 2.75) is 45.1 Å². The number of fused-ring (bicyclic) bond motifs is 1. The molecule has 2 saturated heterocycles. The maximum Gasteiger partial charge on any atom is 0.254 e. The van der Waals surface area contributed by atoms with Crippen LogP contribution >= 0.6 is 0 Å². The number of likely N-dealkylation sites (tertiary alicyclic amines) is 2. The molecule has 6 heteroatoms. The second-order valence-corrected chi connectivity index (χ2v) is 8.41. The first kappa shape index (κ1) is 20.0. The SMILES string of the molecule is CC(=O)N(CCN1CCCCC1)C1CCCN(C(=O)c2cccc3[nH]ccc23)C1. The third-order valence-corrected chi connectivity index (χ3v) is 6.46. The molecule has 2 aromatic rings. The molecular formula is C23H32N4O2. The first-order valence-electron chi connectivity index (χ1n) is 11.0. The van der Waals surface area contributed by atoms with Gasteiger partial charge in [0.1, 0.15) is 0 Å². The quantitative estimate of drug-likeness (QED) is 0.845. The molecular weight excluding hydrogens is 364 g/mol. The standard InChI is InChI=1S/C23H32N4O2/c1-18(28)27(16-15-25-12-3-2-4-13-25)19-7-6-14-26(17-19)23(29)21-8-5-9-22-20(21)10-11-24-22/h5,8-11,19,24H,2-4,6-7,12-17H2,1H3. The van der Waals surface area contributed by atoms with E-state index in [1.165, 1.54) is 19.3 Å². The number of hydrogen-bond acceptors (Lipinski definition) is 3. The van der Waals surface area contributed by atoms with Gasteiger partial charge < -0.3 is 19.7 Å². The number of benzene rings is 1. The van der Waals surface area contributed by atoms with Crippen LogP contribution in [0, 0.1) is 0 Å². The zero-order valence-electron chi connectivity index (χ0n) is 17.4. The molecule has 4 rings (SSSR count). The summed E-state index contributed by atoms with van der Waals surface area (Å²) in [6.07, 6.45) is 7.62. The molecule has 3 heterocycles. The van der Waals surface area contributed by atoms with E-state index in [0.717, 1.165) is 62.0 Å². The minimum Gasteiger partial charge on any atom is -0.361 e. The van der Waals surface area contributed by atoms with E-state index in [-0.39, 0.29) is 17.9 Å². The molecule has 29 heavy (non-hydrogen) atoms. The molecule has 2 amide bonds. The number of piperidine rings is 2. The Morgan fingerprint density at radius 2 is 1.93 bits per heavy atom. The Hall–Kier alpha value is -2.34. The summed E-state index contributed by atoms with van der Waals surface area (Å²) in [5.41, 5.74) is 1.73. The molecule has 1 aromatic heterocycles. The Morgan fingerprint density at radius 1 is 1.10 bits per heavy atom. The van der Waals surface area contributed by atoms with Gasteiger partial charge in [-0.2, -0.15) is 0 Å². The topological polar surface area (TPSA) is 59.7 Å². The molecule has 1 aromatic carbocycles. The molecule has 2 fully saturated rings. The fourth-order valence-electron chi connectivity index (χ4n) is 4.87. The summed E-state index contributed by atoms with van der Waals surface area (Å²) in [5, 5.41) is 0.966. The van der Waals surface area contributed by atoms with Gasteiger partial charge in [-0.05, 0) is 57.0 Å². The number of amides is 2. The summed E-state index contributed by atoms with van der Waals surface area (Å²) < 4.78 is 0. The van der Waals surface area contributed by atoms with Gasteiger partial charge in [0.2, 0.25) is 5.91 Å². The van der Waals surface area contributed by atoms with E-state index in [1.54, 1.807) is 6.92 Å². The largest absolute Gasteiger partial charge is 0.361 e. The van der Waals surface area contributed by atoms with E-state index >= 15 is 0 Å². The predicted molar refractivity (Wildman–Crippen MR) is 115 cm³/mol. The Balaban J connectivity index is 1.43. The lowest BCUT2D eigenvalue weighted by Crippen LogP contribution is -2.53. The van der Waals surface area contributed by atoms with Crippen molar-refractivity contribution in [3.05, 3.63) is 36.0 Å². The van der Waals surface area contributed by atoms with Crippen LogP contribution in [-0.2, 0) is 4.79 Å². The number of carbonyl (C=O) groups is 2. The predicted octanol–water partition coefficient (Wildman–Crippen LogP) is 3.11. The molecule has 2 aliphatic heterocycles. The van der Waals surface area contributed by atoms with Crippen LogP contribution in [0.2, 0.25) is 0 Å². The lowest BCUT2D eigenvalue weighted by Gasteiger charge is -2.40. The van der Waals surface area contributed by atoms with Crippen LogP contribution in [0.25, 0.3) is 10.9 Å². The number of rotatable bonds is 5. The molecule has 6 nitrogen and oxygen atoms in total. The van der Waals surface area contributed by atoms with Gasteiger partial charge in [0, 0.05) is 61.8 Å². The van der Waals surface area contributed by atoms with E-state index in [1.807, 2.05) is 40.3 Å². The lowest BCUT2D eigenvalue weighted by atomic mass is 10.0. The highest BCUT2D eigenvalue weighted by atomic mass is 16.2. The van der Waals surface area contributed by atoms with Crippen LogP contribution in [0.1, 0.15) is 49.4 Å². The minimum absolute atomic E-state index is 0.0689. The maximum absolute atomic E-state index is 13.3. The summed E-state index contributed by atoms with van der Waals surface area (Å²) in [6, 6.07) is 7.89. The number of hydrogen-bond donors (Lipinski definition) is 1. The zero-order chi connectivity index (χ0) is 20.2. The van der Waals surface area contributed by atoms with Crippen molar-refractivity contribution in [3.8, 4) is 0 Å². The molecule has 1 atom stereocenters. The van der Waals surface area contributed by atoms with Crippen molar-refractivity contribution < 1.29 is 9.59 Å². The normalized spacial score (nSPS) is 20.7. The van der Waals surface area contributed by atoms with Crippen LogP contribution in [0.15, 0.2) is 30.5 Å². The number of aromatic amines is 1. The van der Waals surface area contributed by atoms with Gasteiger partial charge >= 0.3 is 0 Å². The molecule has 156 valence electrons. The van der Waals surface area contributed by atoms with Crippen molar-refractivity contribution in [2.24, 2.45) is 0 Å². The van der Waals surface area contributed by atoms with Gasteiger partial charge in [0.05, 0.1) is 0 Å². The van der Waals surface area contributed by atoms with E-state index in [4.69, 9.17) is 0 Å². The number of H-pyrrole nitrogens is 1. The van der Waals surface area contributed by atoms with Crippen molar-refractivity contribution in [1.29, 1.82) is 0 Å². The van der Waals surface area contributed by atoms with Crippen molar-refractivity contribution >= 4 is 22.7 Å². The van der Waals surface area contributed by atoms with Crippen LogP contribution < -0.4 is 0 Å². The maximum atomic E-state index is 13.3. The molecule has 0 aliphatic carbocycles. The second kappa shape index (κ2) is 8.99. The molecule has 1 N–H and O–H groups in total. The summed E-state index contributed by atoms with van der Waals surface area (Å²) in [7, 11) is 0. The lowest BCUT2D eigenvalue weighted by molar-refractivity contribution is -0.132. The summed E-state index contributed by atoms with van der Waals surface area (Å²) in [4.78, 5) is 35.2. The van der Waals surface area contributed by atoms with Crippen LogP contribution in [0.3, 0.4) is 0 Å². The van der Waals surface area contributed by atoms with Crippen LogP contribution in [-0.4, -0.2) is 76.8 Å². The second-order valence-electron chi connectivity index (χ2n) is 8.41. The summed E-state index contributed by atoms with van der Waals surface area (Å²) in [5.74, 6) is 0.188. The molecule has 0 saturated carbocycles. The first-order chi connectivity index (χ1) is 14.1. The number of nitrogens with one attached hydrogen (secondary N) is 1. The highest BCUT2D eigenvalue weighted by molar-refractivity contribution is 6.06. The fourth-order valence-corrected chi connectivity index (χ4v) is 4.87. The van der Waals surface area contributed by atoms with Crippen molar-refractivity contribution in [3.63, 3.8) is 0 Å². The van der Waals surface area contributed by atoms with E-state index < -0.39 is 0 Å². The monoisotopic (exact) mass is 396 g/mol. The number of aromatic nitrogens is 1. The van der Waals surface area contributed by atoms with Gasteiger partial charge in [0.15, 0.2) is 0 Å². The van der Waals surface area contributed by atoms with Crippen molar-refractivity contribution in [1.82, 2.24) is 19.7 Å². The van der Waals surface area contributed by atoms with Gasteiger partial charge in [-0.1, -0.05) is 12.5 Å². The van der Waals surface area contributed by atoms with Crippen LogP contribution in [0.4, 0.5) is 0 Å². The zero-order valence-corrected chi connectivity index (χ0v) is 17.4. The average Bonchev–Trinajstić information content (AvgIpc) is 3.23. The molecule has 1 unspecified atom stereocenters. The Kier molecular flexibility index (Phi) is 6.19. The third kappa shape index (κ3) is 4.47. The molecule has 2 aliphatic rings. The molecule has 0 radical (unpaired) electrons. The Labute approximate surface area is 172 Å². The summed E-state index contributed by atoms with van der Waals surface area (Å²) >= 11 is 0. The minimum atomic E-state index is 0.0689. The molecule has 0 spiro atoms. The first-order valence-corrected chi connectivity index (χ1v) is 11.0. The number of nitrogens with zero attached hydrogens (tertiary/aromatic N) is 3. The van der Waals surface area contributed by atoms with Gasteiger partial charge in [-0.15, -0.1) is 0 Å². The highest BCUT2D eigenvalue weighted by Gasteiger charge is 2.30. The number of carbonyl (C=O) groups excluding carboxylic acids is 2. The third-order valence-electron chi connectivity index (χ3n) is 6.46. The smallest absolute Gasteiger partial charge is 0.254 e. The fraction of sp³-hybridized carbons (Fsp3) is 0.565. The highest BCUT2D eigenvalue weighted by Crippen LogP contribution is 2.23. The van der Waals surface area contributed by atoms with E-state index in [2.05, 4.69) is 9.88 Å². The molecule has 0 bridgehead atoms.